The number of amides is 1. The minimum absolute atomic E-state index is 0.187. The molecule has 1 aliphatic heterocycles. The molecular formula is C20H20FNO3. The second-order valence-corrected chi connectivity index (χ2v) is 6.33. The number of carbonyl (C=O) groups excluding carboxylic acids is 2. The first-order valence-electron chi connectivity index (χ1n) is 8.36. The van der Waals surface area contributed by atoms with Crippen molar-refractivity contribution >= 4 is 11.9 Å². The first-order valence-corrected chi connectivity index (χ1v) is 8.36. The van der Waals surface area contributed by atoms with Crippen LogP contribution >= 0.6 is 0 Å². The van der Waals surface area contributed by atoms with Crippen LogP contribution in [0.4, 0.5) is 4.39 Å². The van der Waals surface area contributed by atoms with Gasteiger partial charge in [0.2, 0.25) is 0 Å². The van der Waals surface area contributed by atoms with Crippen molar-refractivity contribution in [2.75, 3.05) is 13.1 Å². The molecule has 0 unspecified atom stereocenters. The van der Waals surface area contributed by atoms with Gasteiger partial charge in [0.25, 0.3) is 5.91 Å². The van der Waals surface area contributed by atoms with Gasteiger partial charge in [-0.25, -0.2) is 4.39 Å². The van der Waals surface area contributed by atoms with E-state index in [2.05, 4.69) is 0 Å². The van der Waals surface area contributed by atoms with E-state index >= 15 is 0 Å². The van der Waals surface area contributed by atoms with Gasteiger partial charge in [0.05, 0.1) is 5.92 Å². The fraction of sp³-hybridized carbons (Fsp3) is 0.300. The Morgan fingerprint density at radius 3 is 2.64 bits per heavy atom. The van der Waals surface area contributed by atoms with Crippen molar-refractivity contribution in [1.29, 1.82) is 0 Å². The summed E-state index contributed by atoms with van der Waals surface area (Å²) in [6, 6.07) is 12.8. The van der Waals surface area contributed by atoms with Crippen molar-refractivity contribution in [3.8, 4) is 5.75 Å². The van der Waals surface area contributed by atoms with Crippen LogP contribution in [0.1, 0.15) is 28.8 Å². The van der Waals surface area contributed by atoms with Gasteiger partial charge in [-0.3, -0.25) is 9.59 Å². The second kappa shape index (κ2) is 7.47. The lowest BCUT2D eigenvalue weighted by atomic mass is 9.97. The van der Waals surface area contributed by atoms with Crippen LogP contribution in [0.3, 0.4) is 0 Å². The lowest BCUT2D eigenvalue weighted by Gasteiger charge is -2.31. The number of nitrogens with zero attached hydrogens (tertiary/aromatic N) is 1. The molecule has 0 bridgehead atoms. The zero-order chi connectivity index (χ0) is 17.8. The highest BCUT2D eigenvalue weighted by molar-refractivity contribution is 5.94. The Bertz CT molecular complexity index is 773. The van der Waals surface area contributed by atoms with Crippen LogP contribution in [0, 0.1) is 18.7 Å². The standard InChI is InChI=1S/C20H20FNO3/c1-14-4-2-6-18(12-14)25-20(24)16-5-3-11-22(13-16)19(23)15-7-9-17(21)10-8-15/h2,4,6-10,12,16H,3,5,11,13H2,1H3/t16-/m0/s1. The average molecular weight is 341 g/mol. The van der Waals surface area contributed by atoms with E-state index in [1.807, 2.05) is 25.1 Å². The third kappa shape index (κ3) is 4.24. The maximum atomic E-state index is 13.0. The Hall–Kier alpha value is -2.69. The Kier molecular flexibility index (Phi) is 5.12. The van der Waals surface area contributed by atoms with Crippen molar-refractivity contribution in [2.24, 2.45) is 5.92 Å². The van der Waals surface area contributed by atoms with Crippen LogP contribution in [-0.2, 0) is 4.79 Å². The van der Waals surface area contributed by atoms with E-state index < -0.39 is 0 Å². The van der Waals surface area contributed by atoms with Crippen molar-refractivity contribution in [3.05, 3.63) is 65.5 Å². The third-order valence-corrected chi connectivity index (χ3v) is 4.34. The van der Waals surface area contributed by atoms with Crippen molar-refractivity contribution < 1.29 is 18.7 Å². The highest BCUT2D eigenvalue weighted by Gasteiger charge is 2.30. The number of carbonyl (C=O) groups is 2. The molecule has 0 spiro atoms. The molecule has 3 rings (SSSR count). The zero-order valence-electron chi connectivity index (χ0n) is 14.1. The van der Waals surface area contributed by atoms with Gasteiger partial charge in [-0.2, -0.15) is 0 Å². The maximum Gasteiger partial charge on any atom is 0.316 e. The number of aryl methyl sites for hydroxylation is 1. The minimum Gasteiger partial charge on any atom is -0.426 e. The summed E-state index contributed by atoms with van der Waals surface area (Å²) in [7, 11) is 0. The molecule has 0 N–H and O–H groups in total. The predicted octanol–water partition coefficient (Wildman–Crippen LogP) is 3.59. The Morgan fingerprint density at radius 1 is 1.16 bits per heavy atom. The summed E-state index contributed by atoms with van der Waals surface area (Å²) in [5.74, 6) is -0.712. The predicted molar refractivity (Wildman–Crippen MR) is 91.8 cm³/mol. The van der Waals surface area contributed by atoms with Crippen molar-refractivity contribution in [1.82, 2.24) is 4.90 Å². The summed E-state index contributed by atoms with van der Waals surface area (Å²) in [6.45, 7) is 2.84. The molecule has 1 heterocycles. The van der Waals surface area contributed by atoms with E-state index in [0.29, 0.717) is 30.8 Å². The zero-order valence-corrected chi connectivity index (χ0v) is 14.1. The molecule has 0 saturated carbocycles. The second-order valence-electron chi connectivity index (χ2n) is 6.33. The number of likely N-dealkylation sites (tertiary alicyclic amines) is 1. The minimum atomic E-state index is -0.380. The van der Waals surface area contributed by atoms with E-state index in [1.165, 1.54) is 24.3 Å². The van der Waals surface area contributed by atoms with Crippen LogP contribution < -0.4 is 4.74 Å². The Labute approximate surface area is 146 Å². The molecule has 0 aromatic heterocycles. The Morgan fingerprint density at radius 2 is 1.92 bits per heavy atom. The SMILES string of the molecule is Cc1cccc(OC(=O)[C@H]2CCCN(C(=O)c3ccc(F)cc3)C2)c1. The van der Waals surface area contributed by atoms with Crippen LogP contribution in [0.25, 0.3) is 0 Å². The van der Waals surface area contributed by atoms with Crippen LogP contribution in [0.2, 0.25) is 0 Å². The number of esters is 1. The Balaban J connectivity index is 1.65. The number of halogens is 1. The number of ether oxygens (including phenoxy) is 1. The molecule has 2 aromatic rings. The molecule has 5 heteroatoms. The summed E-state index contributed by atoms with van der Waals surface area (Å²) in [4.78, 5) is 26.6. The summed E-state index contributed by atoms with van der Waals surface area (Å²) >= 11 is 0. The normalized spacial score (nSPS) is 17.2. The molecule has 1 aliphatic rings. The van der Waals surface area contributed by atoms with Gasteiger partial charge < -0.3 is 9.64 Å². The number of hydrogen-bond donors (Lipinski definition) is 0. The van der Waals surface area contributed by atoms with E-state index in [1.54, 1.807) is 11.0 Å². The van der Waals surface area contributed by atoms with Gasteiger partial charge in [-0.15, -0.1) is 0 Å². The first-order chi connectivity index (χ1) is 12.0. The molecule has 1 amide bonds. The van der Waals surface area contributed by atoms with Gasteiger partial charge in [-0.05, 0) is 61.7 Å². The quantitative estimate of drug-likeness (QED) is 0.633. The summed E-state index contributed by atoms with van der Waals surface area (Å²) < 4.78 is 18.5. The largest absolute Gasteiger partial charge is 0.426 e. The molecular weight excluding hydrogens is 321 g/mol. The lowest BCUT2D eigenvalue weighted by molar-refractivity contribution is -0.140. The molecule has 4 nitrogen and oxygen atoms in total. The fourth-order valence-electron chi connectivity index (χ4n) is 3.01. The van der Waals surface area contributed by atoms with Gasteiger partial charge in [0, 0.05) is 18.7 Å². The molecule has 1 saturated heterocycles. The maximum absolute atomic E-state index is 13.0. The molecule has 0 aliphatic carbocycles. The molecule has 1 atom stereocenters. The van der Waals surface area contributed by atoms with Gasteiger partial charge in [0.1, 0.15) is 11.6 Å². The highest BCUT2D eigenvalue weighted by Crippen LogP contribution is 2.22. The summed E-state index contributed by atoms with van der Waals surface area (Å²) in [5, 5.41) is 0. The highest BCUT2D eigenvalue weighted by atomic mass is 19.1. The summed E-state index contributed by atoms with van der Waals surface area (Å²) in [6.07, 6.45) is 1.43. The molecule has 25 heavy (non-hydrogen) atoms. The molecule has 2 aromatic carbocycles. The van der Waals surface area contributed by atoms with Crippen molar-refractivity contribution in [3.63, 3.8) is 0 Å². The van der Waals surface area contributed by atoms with Gasteiger partial charge in [-0.1, -0.05) is 12.1 Å². The van der Waals surface area contributed by atoms with E-state index in [4.69, 9.17) is 4.74 Å². The molecule has 0 radical (unpaired) electrons. The average Bonchev–Trinajstić information content (AvgIpc) is 2.62. The number of piperidine rings is 1. The molecule has 130 valence electrons. The van der Waals surface area contributed by atoms with E-state index in [9.17, 15) is 14.0 Å². The smallest absolute Gasteiger partial charge is 0.316 e. The number of benzene rings is 2. The van der Waals surface area contributed by atoms with Crippen molar-refractivity contribution in [2.45, 2.75) is 19.8 Å². The lowest BCUT2D eigenvalue weighted by Crippen LogP contribution is -2.43. The topological polar surface area (TPSA) is 46.6 Å². The van der Waals surface area contributed by atoms with Gasteiger partial charge >= 0.3 is 5.97 Å². The number of hydrogen-bond acceptors (Lipinski definition) is 3. The van der Waals surface area contributed by atoms with E-state index in [-0.39, 0.29) is 23.6 Å². The van der Waals surface area contributed by atoms with Gasteiger partial charge in [0.15, 0.2) is 0 Å². The van der Waals surface area contributed by atoms with Crippen LogP contribution in [0.15, 0.2) is 48.5 Å². The molecule has 1 fully saturated rings. The van der Waals surface area contributed by atoms with Crippen LogP contribution in [-0.4, -0.2) is 29.9 Å². The monoisotopic (exact) mass is 341 g/mol. The third-order valence-electron chi connectivity index (χ3n) is 4.34. The number of rotatable bonds is 3. The van der Waals surface area contributed by atoms with E-state index in [0.717, 1.165) is 12.0 Å². The summed E-state index contributed by atoms with van der Waals surface area (Å²) in [5.41, 5.74) is 1.44. The fourth-order valence-corrected chi connectivity index (χ4v) is 3.01. The first kappa shape index (κ1) is 17.1. The van der Waals surface area contributed by atoms with Crippen LogP contribution in [0.5, 0.6) is 5.75 Å².